The Morgan fingerprint density at radius 2 is 1.64 bits per heavy atom. The predicted octanol–water partition coefficient (Wildman–Crippen LogP) is 5.82. The Kier molecular flexibility index (Phi) is 5.37. The topological polar surface area (TPSA) is 66.4 Å². The molecule has 0 aromatic heterocycles. The Morgan fingerprint density at radius 3 is 2.25 bits per heavy atom. The second-order valence-electron chi connectivity index (χ2n) is 7.21. The summed E-state index contributed by atoms with van der Waals surface area (Å²) in [7, 11) is 0. The molecule has 1 amide bonds. The Balaban J connectivity index is 1.94. The Labute approximate surface area is 173 Å². The maximum atomic E-state index is 13.0. The molecule has 0 spiro atoms. The minimum absolute atomic E-state index is 0.197. The first-order chi connectivity index (χ1) is 13.1. The summed E-state index contributed by atoms with van der Waals surface area (Å²) in [5.41, 5.74) is 1.62. The van der Waals surface area contributed by atoms with Gasteiger partial charge < -0.3 is 10.4 Å². The third kappa shape index (κ3) is 3.84. The van der Waals surface area contributed by atoms with Gasteiger partial charge in [-0.15, -0.1) is 0 Å². The molecule has 0 aliphatic rings. The Bertz CT molecular complexity index is 1090. The van der Waals surface area contributed by atoms with Crippen LogP contribution in [0.3, 0.4) is 0 Å². The molecule has 0 unspecified atom stereocenters. The largest absolute Gasteiger partial charge is 0.478 e. The van der Waals surface area contributed by atoms with Gasteiger partial charge in [0.25, 0.3) is 5.91 Å². The molecule has 0 heterocycles. The molecule has 0 aliphatic carbocycles. The van der Waals surface area contributed by atoms with Gasteiger partial charge in [0.15, 0.2) is 0 Å². The normalized spacial score (nSPS) is 11.5. The zero-order valence-corrected chi connectivity index (χ0v) is 17.2. The molecule has 0 fully saturated rings. The zero-order valence-electron chi connectivity index (χ0n) is 15.6. The maximum Gasteiger partial charge on any atom is 0.335 e. The molecule has 0 radical (unpaired) electrons. The van der Waals surface area contributed by atoms with E-state index in [2.05, 4.69) is 5.32 Å². The van der Waals surface area contributed by atoms with Crippen LogP contribution < -0.4 is 5.32 Å². The Hall–Kier alpha value is -2.56. The van der Waals surface area contributed by atoms with E-state index in [1.165, 1.54) is 12.1 Å². The van der Waals surface area contributed by atoms with Crippen LogP contribution in [0, 0.1) is 6.92 Å². The van der Waals surface area contributed by atoms with Gasteiger partial charge in [0.1, 0.15) is 0 Å². The molecule has 0 saturated carbocycles. The number of hydrogen-bond acceptors (Lipinski definition) is 2. The van der Waals surface area contributed by atoms with Crippen LogP contribution in [0.15, 0.2) is 48.5 Å². The number of halogens is 2. The van der Waals surface area contributed by atoms with E-state index in [0.29, 0.717) is 21.0 Å². The summed E-state index contributed by atoms with van der Waals surface area (Å²) in [4.78, 5) is 24.0. The van der Waals surface area contributed by atoms with Crippen LogP contribution in [-0.4, -0.2) is 17.0 Å². The van der Waals surface area contributed by atoms with Crippen molar-refractivity contribution >= 4 is 45.9 Å². The van der Waals surface area contributed by atoms with Crippen LogP contribution in [0.5, 0.6) is 0 Å². The number of aromatic carboxylic acids is 1. The minimum Gasteiger partial charge on any atom is -0.478 e. The number of carbonyl (C=O) groups is 2. The van der Waals surface area contributed by atoms with Gasteiger partial charge >= 0.3 is 5.97 Å². The van der Waals surface area contributed by atoms with Crippen LogP contribution in [0.2, 0.25) is 10.0 Å². The highest BCUT2D eigenvalue weighted by Crippen LogP contribution is 2.33. The number of fused-ring (bicyclic) bond motifs is 1. The molecule has 3 rings (SSSR count). The van der Waals surface area contributed by atoms with Crippen molar-refractivity contribution in [1.29, 1.82) is 0 Å². The highest BCUT2D eigenvalue weighted by atomic mass is 35.5. The fourth-order valence-electron chi connectivity index (χ4n) is 3.12. The van der Waals surface area contributed by atoms with Crippen molar-refractivity contribution in [1.82, 2.24) is 5.32 Å². The lowest BCUT2D eigenvalue weighted by molar-refractivity contribution is 0.0696. The first kappa shape index (κ1) is 20.2. The van der Waals surface area contributed by atoms with E-state index < -0.39 is 11.5 Å². The van der Waals surface area contributed by atoms with Crippen molar-refractivity contribution in [2.24, 2.45) is 0 Å². The maximum absolute atomic E-state index is 13.0. The van der Waals surface area contributed by atoms with Gasteiger partial charge in [-0.25, -0.2) is 4.79 Å². The number of benzene rings is 3. The number of carbonyl (C=O) groups excluding carboxylic acids is 1. The van der Waals surface area contributed by atoms with Gasteiger partial charge in [-0.05, 0) is 61.5 Å². The first-order valence-electron chi connectivity index (χ1n) is 8.65. The number of aryl methyl sites for hydroxylation is 1. The minimum atomic E-state index is -0.990. The molecule has 0 bridgehead atoms. The van der Waals surface area contributed by atoms with E-state index in [-0.39, 0.29) is 11.5 Å². The van der Waals surface area contributed by atoms with Crippen LogP contribution in [0.1, 0.15) is 45.7 Å². The second kappa shape index (κ2) is 7.46. The summed E-state index contributed by atoms with van der Waals surface area (Å²) in [6.45, 7) is 5.59. The fraction of sp³-hybridized carbons (Fsp3) is 0.182. The monoisotopic (exact) mass is 415 g/mol. The molecule has 0 saturated heterocycles. The van der Waals surface area contributed by atoms with Crippen LogP contribution >= 0.6 is 23.2 Å². The van der Waals surface area contributed by atoms with Crippen LogP contribution in [0.4, 0.5) is 0 Å². The summed E-state index contributed by atoms with van der Waals surface area (Å²) in [6, 6.07) is 13.7. The first-order valence-corrected chi connectivity index (χ1v) is 9.40. The van der Waals surface area contributed by atoms with Crippen molar-refractivity contribution in [2.75, 3.05) is 0 Å². The summed E-state index contributed by atoms with van der Waals surface area (Å²) in [5.74, 6) is -1.24. The SMILES string of the molecule is Cc1cc2ccc(Cl)c(Cl)c2cc1C(=O)NC(C)(C)c1ccc(C(=O)O)cc1. The van der Waals surface area contributed by atoms with Gasteiger partial charge in [0.2, 0.25) is 0 Å². The molecular formula is C22H19Cl2NO3. The summed E-state index contributed by atoms with van der Waals surface area (Å²) < 4.78 is 0. The molecule has 0 aliphatic heterocycles. The van der Waals surface area contributed by atoms with Crippen LogP contribution in [-0.2, 0) is 5.54 Å². The fourth-order valence-corrected chi connectivity index (χ4v) is 3.51. The highest BCUT2D eigenvalue weighted by Gasteiger charge is 2.25. The molecule has 2 N–H and O–H groups in total. The molecule has 0 atom stereocenters. The highest BCUT2D eigenvalue weighted by molar-refractivity contribution is 6.45. The zero-order chi connectivity index (χ0) is 20.6. The summed E-state index contributed by atoms with van der Waals surface area (Å²) >= 11 is 12.4. The summed E-state index contributed by atoms with van der Waals surface area (Å²) in [6.07, 6.45) is 0. The lowest BCUT2D eigenvalue weighted by Gasteiger charge is -2.27. The van der Waals surface area contributed by atoms with E-state index in [1.807, 2.05) is 32.9 Å². The molecule has 144 valence electrons. The quantitative estimate of drug-likeness (QED) is 0.563. The number of carboxylic acid groups (broad SMARTS) is 1. The van der Waals surface area contributed by atoms with Gasteiger partial charge in [-0.1, -0.05) is 47.5 Å². The van der Waals surface area contributed by atoms with Crippen molar-refractivity contribution < 1.29 is 14.7 Å². The third-order valence-electron chi connectivity index (χ3n) is 4.78. The van der Waals surface area contributed by atoms with Gasteiger partial charge in [-0.2, -0.15) is 0 Å². The smallest absolute Gasteiger partial charge is 0.335 e. The van der Waals surface area contributed by atoms with Crippen molar-refractivity contribution in [3.63, 3.8) is 0 Å². The third-order valence-corrected chi connectivity index (χ3v) is 5.59. The molecule has 28 heavy (non-hydrogen) atoms. The Morgan fingerprint density at radius 1 is 1.00 bits per heavy atom. The number of amides is 1. The second-order valence-corrected chi connectivity index (χ2v) is 8.00. The van der Waals surface area contributed by atoms with E-state index >= 15 is 0 Å². The van der Waals surface area contributed by atoms with Gasteiger partial charge in [0.05, 0.1) is 21.1 Å². The standard InChI is InChI=1S/C22H19Cl2NO3/c1-12-10-14-6-9-18(23)19(24)17(14)11-16(12)20(26)25-22(2,3)15-7-4-13(5-8-15)21(27)28/h4-11H,1-3H3,(H,25,26)(H,27,28). The van der Waals surface area contributed by atoms with E-state index in [9.17, 15) is 9.59 Å². The van der Waals surface area contributed by atoms with Crippen molar-refractivity contribution in [3.05, 3.63) is 80.8 Å². The lowest BCUT2D eigenvalue weighted by atomic mass is 9.92. The number of hydrogen-bond donors (Lipinski definition) is 2. The number of carboxylic acids is 1. The summed E-state index contributed by atoms with van der Waals surface area (Å²) in [5, 5.41) is 14.5. The lowest BCUT2D eigenvalue weighted by Crippen LogP contribution is -2.41. The molecule has 3 aromatic rings. The van der Waals surface area contributed by atoms with E-state index in [1.54, 1.807) is 24.3 Å². The molecule has 4 nitrogen and oxygen atoms in total. The average Bonchev–Trinajstić information content (AvgIpc) is 2.64. The molecular weight excluding hydrogens is 397 g/mol. The van der Waals surface area contributed by atoms with Crippen molar-refractivity contribution in [2.45, 2.75) is 26.3 Å². The molecule has 3 aromatic carbocycles. The predicted molar refractivity (Wildman–Crippen MR) is 113 cm³/mol. The number of nitrogens with one attached hydrogen (secondary N) is 1. The van der Waals surface area contributed by atoms with E-state index in [4.69, 9.17) is 28.3 Å². The van der Waals surface area contributed by atoms with Gasteiger partial charge in [0, 0.05) is 10.9 Å². The van der Waals surface area contributed by atoms with E-state index in [0.717, 1.165) is 16.5 Å². The number of rotatable bonds is 4. The molecule has 6 heteroatoms. The van der Waals surface area contributed by atoms with Crippen molar-refractivity contribution in [3.8, 4) is 0 Å². The van der Waals surface area contributed by atoms with Gasteiger partial charge in [-0.3, -0.25) is 4.79 Å². The average molecular weight is 416 g/mol. The van der Waals surface area contributed by atoms with Crippen LogP contribution in [0.25, 0.3) is 10.8 Å².